The first kappa shape index (κ1) is 20.7. The van der Waals surface area contributed by atoms with Crippen LogP contribution in [0.2, 0.25) is 5.02 Å². The van der Waals surface area contributed by atoms with Gasteiger partial charge in [0.25, 0.3) is 0 Å². The summed E-state index contributed by atoms with van der Waals surface area (Å²) in [4.78, 5) is 30.4. The van der Waals surface area contributed by atoms with Crippen molar-refractivity contribution >= 4 is 36.1 Å². The smallest absolute Gasteiger partial charge is 0.366 e. The van der Waals surface area contributed by atoms with Crippen LogP contribution in [0, 0.1) is 0 Å². The second kappa shape index (κ2) is 7.93. The molecule has 30 heavy (non-hydrogen) atoms. The summed E-state index contributed by atoms with van der Waals surface area (Å²) in [6.07, 6.45) is 1.42. The highest BCUT2D eigenvalue weighted by Crippen LogP contribution is 2.52. The Morgan fingerprint density at radius 1 is 1.00 bits per heavy atom. The molecule has 4 rings (SSSR count). The molecular formula is C21H17ClNO6P. The zero-order valence-corrected chi connectivity index (χ0v) is 17.8. The van der Waals surface area contributed by atoms with Crippen LogP contribution in [0.3, 0.4) is 0 Å². The number of aromatic nitrogens is 1. The summed E-state index contributed by atoms with van der Waals surface area (Å²) in [5.74, 6) is -1.25. The average Bonchev–Trinajstić information content (AvgIpc) is 3.15. The third-order valence-electron chi connectivity index (χ3n) is 4.56. The molecule has 0 spiro atoms. The maximum atomic E-state index is 13.8. The van der Waals surface area contributed by atoms with Crippen molar-refractivity contribution in [3.63, 3.8) is 0 Å². The minimum absolute atomic E-state index is 0.0133. The van der Waals surface area contributed by atoms with E-state index < -0.39 is 19.2 Å². The Hall–Kier alpha value is -2.57. The molecule has 9 heteroatoms. The van der Waals surface area contributed by atoms with Crippen LogP contribution in [0.25, 0.3) is 11.3 Å². The molecule has 0 saturated heterocycles. The van der Waals surface area contributed by atoms with E-state index in [4.69, 9.17) is 25.1 Å². The molecule has 0 N–H and O–H groups in total. The van der Waals surface area contributed by atoms with Crippen molar-refractivity contribution in [2.75, 3.05) is 13.2 Å². The molecule has 3 aromatic rings. The quantitative estimate of drug-likeness (QED) is 0.398. The fourth-order valence-corrected chi connectivity index (χ4v) is 5.41. The minimum atomic E-state index is -4.00. The second-order valence-corrected chi connectivity index (χ2v) is 8.78. The van der Waals surface area contributed by atoms with Crippen LogP contribution in [0.5, 0.6) is 0 Å². The summed E-state index contributed by atoms with van der Waals surface area (Å²) in [6.45, 7) is 3.45. The molecule has 0 saturated carbocycles. The highest BCUT2D eigenvalue weighted by molar-refractivity contribution is 7.62. The van der Waals surface area contributed by atoms with Crippen LogP contribution in [0.15, 0.2) is 47.0 Å². The van der Waals surface area contributed by atoms with Crippen LogP contribution < -0.4 is 5.30 Å². The zero-order chi connectivity index (χ0) is 21.5. The number of fused-ring (bicyclic) bond motifs is 2. The lowest BCUT2D eigenvalue weighted by atomic mass is 9.92. The number of rotatable bonds is 6. The van der Waals surface area contributed by atoms with Gasteiger partial charge in [0.15, 0.2) is 17.3 Å². The van der Waals surface area contributed by atoms with Crippen molar-refractivity contribution in [1.29, 1.82) is 0 Å². The van der Waals surface area contributed by atoms with Gasteiger partial charge < -0.3 is 13.5 Å². The second-order valence-electron chi connectivity index (χ2n) is 6.38. The fourth-order valence-electron chi connectivity index (χ4n) is 3.37. The van der Waals surface area contributed by atoms with E-state index in [1.54, 1.807) is 44.2 Å². The number of ketones is 2. The molecule has 1 aromatic carbocycles. The molecule has 0 radical (unpaired) electrons. The molecule has 2 heterocycles. The van der Waals surface area contributed by atoms with Gasteiger partial charge in [-0.2, -0.15) is 0 Å². The van der Waals surface area contributed by atoms with Gasteiger partial charge in [-0.25, -0.2) is 0 Å². The van der Waals surface area contributed by atoms with E-state index in [0.29, 0.717) is 10.6 Å². The lowest BCUT2D eigenvalue weighted by Crippen LogP contribution is -2.26. The van der Waals surface area contributed by atoms with Crippen LogP contribution in [-0.4, -0.2) is 29.8 Å². The van der Waals surface area contributed by atoms with Gasteiger partial charge in [0.2, 0.25) is 5.78 Å². The molecule has 7 nitrogen and oxygen atoms in total. The van der Waals surface area contributed by atoms with Crippen molar-refractivity contribution in [1.82, 2.24) is 4.98 Å². The number of hydrogen-bond donors (Lipinski definition) is 0. The van der Waals surface area contributed by atoms with E-state index >= 15 is 0 Å². The topological polar surface area (TPSA) is 95.7 Å². The molecular weight excluding hydrogens is 429 g/mol. The number of benzene rings is 1. The van der Waals surface area contributed by atoms with Gasteiger partial charge in [-0.05, 0) is 50.2 Å². The number of pyridine rings is 1. The number of carbonyl (C=O) groups is 2. The van der Waals surface area contributed by atoms with Crippen molar-refractivity contribution in [3.8, 4) is 11.3 Å². The number of nitrogens with zero attached hydrogens (tertiary/aromatic N) is 1. The maximum absolute atomic E-state index is 13.8. The largest absolute Gasteiger partial charge is 0.451 e. The van der Waals surface area contributed by atoms with E-state index in [2.05, 4.69) is 4.98 Å². The molecule has 0 fully saturated rings. The standard InChI is InChI=1S/C21H17ClNO6P/c1-3-27-30(26,28-4-2)21-15-17(24)14-6-5-11-23-16(14)18(25)20(15)29-19(21)12-7-9-13(22)10-8-12/h5-11H,3-4H2,1-2H3. The summed E-state index contributed by atoms with van der Waals surface area (Å²) in [5.41, 5.74) is 0.455. The average molecular weight is 446 g/mol. The Morgan fingerprint density at radius 2 is 1.67 bits per heavy atom. The predicted molar refractivity (Wildman–Crippen MR) is 111 cm³/mol. The minimum Gasteiger partial charge on any atom is -0.451 e. The molecule has 0 aliphatic heterocycles. The van der Waals surface area contributed by atoms with Crippen molar-refractivity contribution < 1.29 is 27.6 Å². The zero-order valence-electron chi connectivity index (χ0n) is 16.2. The molecule has 1 aliphatic rings. The van der Waals surface area contributed by atoms with Crippen molar-refractivity contribution in [3.05, 3.63) is 70.2 Å². The van der Waals surface area contributed by atoms with E-state index in [1.807, 2.05) is 0 Å². The molecule has 0 bridgehead atoms. The van der Waals surface area contributed by atoms with Gasteiger partial charge in [0.05, 0.1) is 24.3 Å². The van der Waals surface area contributed by atoms with E-state index in [9.17, 15) is 14.2 Å². The maximum Gasteiger partial charge on any atom is 0.366 e. The third kappa shape index (κ3) is 3.24. The van der Waals surface area contributed by atoms with Gasteiger partial charge in [0.1, 0.15) is 11.0 Å². The summed E-state index contributed by atoms with van der Waals surface area (Å²) in [5, 5.41) is 0.426. The Morgan fingerprint density at radius 3 is 2.30 bits per heavy atom. The van der Waals surface area contributed by atoms with E-state index in [-0.39, 0.29) is 46.9 Å². The number of halogens is 1. The van der Waals surface area contributed by atoms with Gasteiger partial charge in [-0.3, -0.25) is 19.1 Å². The first-order valence-electron chi connectivity index (χ1n) is 9.28. The SMILES string of the molecule is CCOP(=O)(OCC)c1c(-c2ccc(Cl)cc2)oc2c1C(=O)c1cccnc1C2=O. The number of carbonyl (C=O) groups excluding carboxylic acids is 2. The summed E-state index contributed by atoms with van der Waals surface area (Å²) in [7, 11) is -4.00. The lowest BCUT2D eigenvalue weighted by Gasteiger charge is -2.19. The Balaban J connectivity index is 2.05. The first-order chi connectivity index (χ1) is 14.4. The number of hydrogen-bond acceptors (Lipinski definition) is 7. The summed E-state index contributed by atoms with van der Waals surface area (Å²) >= 11 is 5.99. The van der Waals surface area contributed by atoms with E-state index in [0.717, 1.165) is 0 Å². The number of furan rings is 1. The normalized spacial score (nSPS) is 13.3. The molecule has 1 aliphatic carbocycles. The molecule has 0 atom stereocenters. The van der Waals surface area contributed by atoms with Gasteiger partial charge in [-0.1, -0.05) is 11.6 Å². The third-order valence-corrected chi connectivity index (χ3v) is 6.98. The first-order valence-corrected chi connectivity index (χ1v) is 11.2. The lowest BCUT2D eigenvalue weighted by molar-refractivity contribution is 0.0957. The highest BCUT2D eigenvalue weighted by atomic mass is 35.5. The van der Waals surface area contributed by atoms with Crippen LogP contribution in [-0.2, 0) is 13.6 Å². The van der Waals surface area contributed by atoms with E-state index in [1.165, 1.54) is 12.3 Å². The Bertz CT molecular complexity index is 1190. The molecule has 0 amide bonds. The molecule has 154 valence electrons. The van der Waals surface area contributed by atoms with Gasteiger partial charge in [0, 0.05) is 16.8 Å². The Labute approximate surface area is 177 Å². The predicted octanol–water partition coefficient (Wildman–Crippen LogP) is 4.66. The Kier molecular flexibility index (Phi) is 5.47. The molecule has 0 unspecified atom stereocenters. The van der Waals surface area contributed by atoms with Crippen molar-refractivity contribution in [2.45, 2.75) is 13.8 Å². The molecule has 2 aromatic heterocycles. The highest BCUT2D eigenvalue weighted by Gasteiger charge is 2.45. The summed E-state index contributed by atoms with van der Waals surface area (Å²) < 4.78 is 30.6. The monoisotopic (exact) mass is 445 g/mol. The van der Waals surface area contributed by atoms with Crippen molar-refractivity contribution in [2.24, 2.45) is 0 Å². The van der Waals surface area contributed by atoms with Crippen LogP contribution in [0.4, 0.5) is 0 Å². The van der Waals surface area contributed by atoms with Gasteiger partial charge >= 0.3 is 7.60 Å². The van der Waals surface area contributed by atoms with Crippen LogP contribution >= 0.6 is 19.2 Å². The van der Waals surface area contributed by atoms with Gasteiger partial charge in [-0.15, -0.1) is 0 Å². The summed E-state index contributed by atoms with van der Waals surface area (Å²) in [6, 6.07) is 9.57. The fraction of sp³-hybridized carbons (Fsp3) is 0.190. The van der Waals surface area contributed by atoms with Crippen LogP contribution in [0.1, 0.15) is 46.0 Å².